The summed E-state index contributed by atoms with van der Waals surface area (Å²) in [5, 5.41) is 9.03. The summed E-state index contributed by atoms with van der Waals surface area (Å²) in [6.45, 7) is 7.07. The smallest absolute Gasteiger partial charge is 0.323 e. The molecule has 2 rings (SSSR count). The molecule has 0 bridgehead atoms. The van der Waals surface area contributed by atoms with Gasteiger partial charge in [-0.25, -0.2) is 4.98 Å². The van der Waals surface area contributed by atoms with Crippen molar-refractivity contribution in [3.63, 3.8) is 0 Å². The highest BCUT2D eigenvalue weighted by Gasteiger charge is 2.27. The second kappa shape index (κ2) is 9.53. The molecule has 1 fully saturated rings. The van der Waals surface area contributed by atoms with Gasteiger partial charge in [-0.2, -0.15) is 0 Å². The number of aliphatic carboxylic acids is 1. The lowest BCUT2D eigenvalue weighted by molar-refractivity contribution is -0.145. The second-order valence-corrected chi connectivity index (χ2v) is 7.39. The number of aryl methyl sites for hydroxylation is 1. The first-order chi connectivity index (χ1) is 12.8. The lowest BCUT2D eigenvalue weighted by atomic mass is 10.1. The number of hydrogen-bond donors (Lipinski definition) is 1. The molecular formula is C19H30N4O4. The Balaban J connectivity index is 1.91. The third-order valence-electron chi connectivity index (χ3n) is 5.03. The molecule has 1 aromatic heterocycles. The molecule has 2 amide bonds. The van der Waals surface area contributed by atoms with Crippen molar-refractivity contribution in [1.82, 2.24) is 19.4 Å². The quantitative estimate of drug-likeness (QED) is 0.779. The van der Waals surface area contributed by atoms with Crippen LogP contribution in [0.4, 0.5) is 0 Å². The Morgan fingerprint density at radius 2 is 2.04 bits per heavy atom. The molecular weight excluding hydrogens is 348 g/mol. The van der Waals surface area contributed by atoms with Crippen molar-refractivity contribution in [3.8, 4) is 0 Å². The van der Waals surface area contributed by atoms with E-state index in [2.05, 4.69) is 18.8 Å². The van der Waals surface area contributed by atoms with Gasteiger partial charge >= 0.3 is 5.97 Å². The zero-order valence-corrected chi connectivity index (χ0v) is 16.4. The largest absolute Gasteiger partial charge is 0.480 e. The summed E-state index contributed by atoms with van der Waals surface area (Å²) >= 11 is 0. The van der Waals surface area contributed by atoms with Crippen LogP contribution in [0.25, 0.3) is 0 Å². The Bertz CT molecular complexity index is 670. The SMILES string of the molecule is CC(=O)N(CC(=O)O)[C@H]1CCCN(C(=O)CCn2ccnc2C(C)C)CC1. The summed E-state index contributed by atoms with van der Waals surface area (Å²) in [5.74, 6) is 0.129. The fourth-order valence-corrected chi connectivity index (χ4v) is 3.67. The maximum absolute atomic E-state index is 12.6. The third kappa shape index (κ3) is 5.80. The minimum Gasteiger partial charge on any atom is -0.480 e. The van der Waals surface area contributed by atoms with Crippen LogP contribution in [0.1, 0.15) is 58.2 Å². The van der Waals surface area contributed by atoms with Crippen molar-refractivity contribution in [2.75, 3.05) is 19.6 Å². The highest BCUT2D eigenvalue weighted by molar-refractivity contribution is 5.80. The number of likely N-dealkylation sites (tertiary alicyclic amines) is 1. The normalized spacial score (nSPS) is 17.6. The summed E-state index contributed by atoms with van der Waals surface area (Å²) < 4.78 is 2.02. The number of amides is 2. The highest BCUT2D eigenvalue weighted by Crippen LogP contribution is 2.18. The van der Waals surface area contributed by atoms with Crippen LogP contribution in [0, 0.1) is 0 Å². The number of carboxylic acids is 1. The van der Waals surface area contributed by atoms with Crippen LogP contribution in [0.3, 0.4) is 0 Å². The first-order valence-corrected chi connectivity index (χ1v) is 9.57. The lowest BCUT2D eigenvalue weighted by Gasteiger charge is -2.29. The Kier molecular flexibility index (Phi) is 7.38. The monoisotopic (exact) mass is 378 g/mol. The Labute approximate surface area is 160 Å². The first-order valence-electron chi connectivity index (χ1n) is 9.57. The number of carbonyl (C=O) groups is 3. The van der Waals surface area contributed by atoms with Crippen molar-refractivity contribution >= 4 is 17.8 Å². The molecule has 1 N–H and O–H groups in total. The van der Waals surface area contributed by atoms with Crippen LogP contribution in [-0.4, -0.2) is 67.9 Å². The van der Waals surface area contributed by atoms with E-state index < -0.39 is 5.97 Å². The predicted octanol–water partition coefficient (Wildman–Crippen LogP) is 1.71. The topological polar surface area (TPSA) is 95.7 Å². The Hall–Kier alpha value is -2.38. The van der Waals surface area contributed by atoms with E-state index in [-0.39, 0.29) is 24.4 Å². The third-order valence-corrected chi connectivity index (χ3v) is 5.03. The molecule has 150 valence electrons. The number of nitrogens with zero attached hydrogens (tertiary/aromatic N) is 4. The van der Waals surface area contributed by atoms with Gasteiger partial charge in [0.1, 0.15) is 12.4 Å². The van der Waals surface area contributed by atoms with Crippen molar-refractivity contribution in [2.24, 2.45) is 0 Å². The molecule has 1 atom stereocenters. The fourth-order valence-electron chi connectivity index (χ4n) is 3.67. The fraction of sp³-hybridized carbons (Fsp3) is 0.684. The van der Waals surface area contributed by atoms with E-state index in [0.717, 1.165) is 18.7 Å². The van der Waals surface area contributed by atoms with Gasteiger partial charge in [-0.05, 0) is 19.3 Å². The van der Waals surface area contributed by atoms with E-state index in [9.17, 15) is 14.4 Å². The van der Waals surface area contributed by atoms with Gasteiger partial charge in [-0.3, -0.25) is 14.4 Å². The van der Waals surface area contributed by atoms with Gasteiger partial charge in [0.05, 0.1) is 0 Å². The zero-order chi connectivity index (χ0) is 20.0. The van der Waals surface area contributed by atoms with E-state index in [4.69, 9.17) is 5.11 Å². The number of carbonyl (C=O) groups excluding carboxylic acids is 2. The van der Waals surface area contributed by atoms with Gasteiger partial charge in [0.25, 0.3) is 0 Å². The molecule has 8 heteroatoms. The van der Waals surface area contributed by atoms with E-state index in [1.54, 1.807) is 6.20 Å². The highest BCUT2D eigenvalue weighted by atomic mass is 16.4. The molecule has 1 aliphatic heterocycles. The number of rotatable bonds is 7. The van der Waals surface area contributed by atoms with Crippen molar-refractivity contribution in [3.05, 3.63) is 18.2 Å². The van der Waals surface area contributed by atoms with Gasteiger partial charge in [0.2, 0.25) is 11.8 Å². The number of imidazole rings is 1. The molecule has 0 unspecified atom stereocenters. The number of aromatic nitrogens is 2. The van der Waals surface area contributed by atoms with Crippen molar-refractivity contribution in [1.29, 1.82) is 0 Å². The average Bonchev–Trinajstić information content (AvgIpc) is 2.94. The van der Waals surface area contributed by atoms with Crippen LogP contribution >= 0.6 is 0 Å². The van der Waals surface area contributed by atoms with Crippen LogP contribution in [0.15, 0.2) is 12.4 Å². The van der Waals surface area contributed by atoms with Crippen LogP contribution < -0.4 is 0 Å². The van der Waals surface area contributed by atoms with Gasteiger partial charge < -0.3 is 19.5 Å². The van der Waals surface area contributed by atoms with Gasteiger partial charge in [0.15, 0.2) is 0 Å². The summed E-state index contributed by atoms with van der Waals surface area (Å²) in [5.41, 5.74) is 0. The number of carboxylic acid groups (broad SMARTS) is 1. The van der Waals surface area contributed by atoms with Gasteiger partial charge in [-0.15, -0.1) is 0 Å². The number of hydrogen-bond acceptors (Lipinski definition) is 4. The lowest BCUT2D eigenvalue weighted by Crippen LogP contribution is -2.43. The van der Waals surface area contributed by atoms with Crippen LogP contribution in [0.5, 0.6) is 0 Å². The molecule has 0 aliphatic carbocycles. The summed E-state index contributed by atoms with van der Waals surface area (Å²) in [6, 6.07) is -0.127. The van der Waals surface area contributed by atoms with Crippen molar-refractivity contribution in [2.45, 2.75) is 65.0 Å². The summed E-state index contributed by atoms with van der Waals surface area (Å²) in [4.78, 5) is 43.1. The Morgan fingerprint density at radius 3 is 2.67 bits per heavy atom. The predicted molar refractivity (Wildman–Crippen MR) is 100 cm³/mol. The second-order valence-electron chi connectivity index (χ2n) is 7.39. The molecule has 2 heterocycles. The van der Waals surface area contributed by atoms with E-state index >= 15 is 0 Å². The molecule has 1 saturated heterocycles. The molecule has 27 heavy (non-hydrogen) atoms. The molecule has 1 aliphatic rings. The zero-order valence-electron chi connectivity index (χ0n) is 16.4. The minimum absolute atomic E-state index is 0.0895. The van der Waals surface area contributed by atoms with Crippen LogP contribution in [0.2, 0.25) is 0 Å². The Morgan fingerprint density at radius 1 is 1.30 bits per heavy atom. The maximum atomic E-state index is 12.6. The van der Waals surface area contributed by atoms with E-state index in [0.29, 0.717) is 38.4 Å². The van der Waals surface area contributed by atoms with Gasteiger partial charge in [0, 0.05) is 57.3 Å². The molecule has 1 aromatic rings. The van der Waals surface area contributed by atoms with Crippen molar-refractivity contribution < 1.29 is 19.5 Å². The van der Waals surface area contributed by atoms with Gasteiger partial charge in [-0.1, -0.05) is 13.8 Å². The molecule has 0 aromatic carbocycles. The molecule has 0 radical (unpaired) electrons. The molecule has 0 spiro atoms. The first kappa shape index (κ1) is 20.9. The average molecular weight is 378 g/mol. The van der Waals surface area contributed by atoms with E-state index in [1.807, 2.05) is 15.7 Å². The minimum atomic E-state index is -1.01. The summed E-state index contributed by atoms with van der Waals surface area (Å²) in [6.07, 6.45) is 6.16. The molecule has 0 saturated carbocycles. The summed E-state index contributed by atoms with van der Waals surface area (Å²) in [7, 11) is 0. The maximum Gasteiger partial charge on any atom is 0.323 e. The van der Waals surface area contributed by atoms with E-state index in [1.165, 1.54) is 11.8 Å². The molecule has 8 nitrogen and oxygen atoms in total. The van der Waals surface area contributed by atoms with Crippen LogP contribution in [-0.2, 0) is 20.9 Å². The standard InChI is InChI=1S/C19H30N4O4/c1-14(2)19-20-8-12-22(19)11-7-17(25)21-9-4-5-16(6-10-21)23(15(3)24)13-18(26)27/h8,12,14,16H,4-7,9-11,13H2,1-3H3,(H,26,27)/t16-/m0/s1.